The molecule has 1 amide bonds. The molecule has 0 saturated carbocycles. The third-order valence-electron chi connectivity index (χ3n) is 6.37. The number of ether oxygens (including phenoxy) is 1. The normalized spacial score (nSPS) is 17.6. The van der Waals surface area contributed by atoms with Gasteiger partial charge in [-0.1, -0.05) is 54.6 Å². The van der Waals surface area contributed by atoms with Crippen molar-refractivity contribution in [1.29, 1.82) is 0 Å². The molecule has 34 heavy (non-hydrogen) atoms. The number of nitrogens with one attached hydrogen (secondary N) is 1. The smallest absolute Gasteiger partial charge is 0.243 e. The second-order valence-corrected chi connectivity index (χ2v) is 10.5. The van der Waals surface area contributed by atoms with Gasteiger partial charge in [0.1, 0.15) is 5.75 Å². The van der Waals surface area contributed by atoms with Crippen LogP contribution in [0.4, 0.5) is 0 Å². The first kappa shape index (κ1) is 24.0. The number of piperidine rings is 1. The number of carbonyl (C=O) groups excluding carboxylic acids is 1. The molecule has 0 radical (unpaired) electrons. The van der Waals surface area contributed by atoms with Crippen molar-refractivity contribution >= 4 is 15.9 Å². The summed E-state index contributed by atoms with van der Waals surface area (Å²) in [6.45, 7) is 2.59. The predicted octanol–water partition coefficient (Wildman–Crippen LogP) is 4.31. The molecule has 3 aromatic rings. The highest BCUT2D eigenvalue weighted by atomic mass is 32.2. The molecule has 1 N–H and O–H groups in total. The van der Waals surface area contributed by atoms with E-state index in [0.717, 1.165) is 16.7 Å². The van der Waals surface area contributed by atoms with Crippen LogP contribution in [0.15, 0.2) is 83.8 Å². The maximum atomic E-state index is 13.4. The Morgan fingerprint density at radius 2 is 1.68 bits per heavy atom. The number of benzene rings is 3. The first-order chi connectivity index (χ1) is 16.4. The van der Waals surface area contributed by atoms with Crippen molar-refractivity contribution in [2.24, 2.45) is 5.92 Å². The first-order valence-electron chi connectivity index (χ1n) is 11.4. The number of hydrogen-bond donors (Lipinski definition) is 1. The van der Waals surface area contributed by atoms with Crippen molar-refractivity contribution in [2.45, 2.75) is 30.7 Å². The summed E-state index contributed by atoms with van der Waals surface area (Å²) in [4.78, 5) is 13.6. The zero-order valence-corrected chi connectivity index (χ0v) is 20.3. The van der Waals surface area contributed by atoms with Crippen LogP contribution in [0.1, 0.15) is 35.6 Å². The molecule has 0 aliphatic carbocycles. The zero-order valence-electron chi connectivity index (χ0n) is 19.5. The van der Waals surface area contributed by atoms with E-state index in [0.29, 0.717) is 25.1 Å². The molecule has 0 aromatic heterocycles. The van der Waals surface area contributed by atoms with Crippen LogP contribution in [0.25, 0.3) is 0 Å². The minimum Gasteiger partial charge on any atom is -0.497 e. The molecule has 1 aliphatic rings. The maximum Gasteiger partial charge on any atom is 0.243 e. The standard InChI is InChI=1S/C27H30N2O4S/c1-20-9-6-7-13-25(20)26(21-10-4-3-5-11-21)28-27(30)22-12-8-18-29(19-22)34(31,32)24-16-14-23(33-2)15-17-24/h3-7,9-11,13-17,22,26H,8,12,18-19H2,1-2H3,(H,28,30). The maximum absolute atomic E-state index is 13.4. The summed E-state index contributed by atoms with van der Waals surface area (Å²) in [5.41, 5.74) is 3.10. The first-order valence-corrected chi connectivity index (χ1v) is 12.9. The molecule has 4 rings (SSSR count). The Morgan fingerprint density at radius 3 is 2.35 bits per heavy atom. The summed E-state index contributed by atoms with van der Waals surface area (Å²) in [6.07, 6.45) is 1.28. The molecule has 1 saturated heterocycles. The molecule has 2 unspecified atom stereocenters. The number of carbonyl (C=O) groups is 1. The summed E-state index contributed by atoms with van der Waals surface area (Å²) >= 11 is 0. The summed E-state index contributed by atoms with van der Waals surface area (Å²) in [5.74, 6) is 0.0433. The highest BCUT2D eigenvalue weighted by molar-refractivity contribution is 7.89. The lowest BCUT2D eigenvalue weighted by atomic mass is 9.93. The Bertz CT molecular complexity index is 1230. The summed E-state index contributed by atoms with van der Waals surface area (Å²) in [6, 6.07) is 23.9. The fourth-order valence-electron chi connectivity index (χ4n) is 4.43. The molecule has 1 fully saturated rings. The number of nitrogens with zero attached hydrogens (tertiary/aromatic N) is 1. The number of amides is 1. The van der Waals surface area contributed by atoms with Gasteiger partial charge in [0.25, 0.3) is 0 Å². The number of methoxy groups -OCH3 is 1. The summed E-state index contributed by atoms with van der Waals surface area (Å²) < 4.78 is 33.0. The lowest BCUT2D eigenvalue weighted by Crippen LogP contribution is -2.46. The van der Waals surface area contributed by atoms with E-state index in [9.17, 15) is 13.2 Å². The highest BCUT2D eigenvalue weighted by Gasteiger charge is 2.34. The van der Waals surface area contributed by atoms with E-state index < -0.39 is 15.9 Å². The minimum atomic E-state index is -3.70. The van der Waals surface area contributed by atoms with Gasteiger partial charge in [0, 0.05) is 13.1 Å². The lowest BCUT2D eigenvalue weighted by Gasteiger charge is -2.32. The Morgan fingerprint density at radius 1 is 1.00 bits per heavy atom. The van der Waals surface area contributed by atoms with Crippen molar-refractivity contribution in [1.82, 2.24) is 9.62 Å². The largest absolute Gasteiger partial charge is 0.497 e. The van der Waals surface area contributed by atoms with E-state index in [4.69, 9.17) is 4.74 Å². The van der Waals surface area contributed by atoms with E-state index in [1.165, 1.54) is 11.4 Å². The van der Waals surface area contributed by atoms with E-state index in [-0.39, 0.29) is 23.4 Å². The van der Waals surface area contributed by atoms with Gasteiger partial charge in [-0.15, -0.1) is 0 Å². The predicted molar refractivity (Wildman–Crippen MR) is 132 cm³/mol. The van der Waals surface area contributed by atoms with E-state index in [1.54, 1.807) is 24.3 Å². The van der Waals surface area contributed by atoms with Gasteiger partial charge in [0.2, 0.25) is 15.9 Å². The molecule has 0 spiro atoms. The van der Waals surface area contributed by atoms with Crippen molar-refractivity contribution in [3.8, 4) is 5.75 Å². The van der Waals surface area contributed by atoms with Crippen LogP contribution in [0.2, 0.25) is 0 Å². The van der Waals surface area contributed by atoms with Crippen molar-refractivity contribution < 1.29 is 17.9 Å². The van der Waals surface area contributed by atoms with Gasteiger partial charge >= 0.3 is 0 Å². The number of hydrogen-bond acceptors (Lipinski definition) is 4. The van der Waals surface area contributed by atoms with Gasteiger partial charge in [0.15, 0.2) is 0 Å². The Kier molecular flexibility index (Phi) is 7.34. The van der Waals surface area contributed by atoms with Gasteiger partial charge in [-0.25, -0.2) is 8.42 Å². The molecule has 6 nitrogen and oxygen atoms in total. The monoisotopic (exact) mass is 478 g/mol. The number of sulfonamides is 1. The highest BCUT2D eigenvalue weighted by Crippen LogP contribution is 2.28. The molecular weight excluding hydrogens is 448 g/mol. The SMILES string of the molecule is COc1ccc(S(=O)(=O)N2CCCC(C(=O)NC(c3ccccc3)c3ccccc3C)C2)cc1. The average molecular weight is 479 g/mol. The average Bonchev–Trinajstić information content (AvgIpc) is 2.88. The molecule has 1 aliphatic heterocycles. The second kappa shape index (κ2) is 10.4. The van der Waals surface area contributed by atoms with Crippen LogP contribution in [0, 0.1) is 12.8 Å². The molecule has 0 bridgehead atoms. The molecule has 7 heteroatoms. The Labute approximate surface area is 201 Å². The number of aryl methyl sites for hydroxylation is 1. The molecule has 1 heterocycles. The lowest BCUT2D eigenvalue weighted by molar-refractivity contribution is -0.126. The van der Waals surface area contributed by atoms with Crippen LogP contribution >= 0.6 is 0 Å². The number of rotatable bonds is 7. The van der Waals surface area contributed by atoms with Crippen LogP contribution < -0.4 is 10.1 Å². The third kappa shape index (κ3) is 5.16. The minimum absolute atomic E-state index is 0.133. The third-order valence-corrected chi connectivity index (χ3v) is 8.25. The molecular formula is C27H30N2O4S. The summed E-state index contributed by atoms with van der Waals surface area (Å²) in [5, 5.41) is 3.21. The van der Waals surface area contributed by atoms with Crippen LogP contribution in [-0.2, 0) is 14.8 Å². The van der Waals surface area contributed by atoms with Crippen molar-refractivity contribution in [3.05, 3.63) is 95.6 Å². The fourth-order valence-corrected chi connectivity index (χ4v) is 5.95. The van der Waals surface area contributed by atoms with Crippen molar-refractivity contribution in [3.63, 3.8) is 0 Å². The van der Waals surface area contributed by atoms with E-state index in [1.807, 2.05) is 61.5 Å². The fraction of sp³-hybridized carbons (Fsp3) is 0.296. The second-order valence-electron chi connectivity index (χ2n) is 8.59. The van der Waals surface area contributed by atoms with E-state index in [2.05, 4.69) is 5.32 Å². The van der Waals surface area contributed by atoms with Gasteiger partial charge in [0.05, 0.1) is 24.0 Å². The van der Waals surface area contributed by atoms with Gasteiger partial charge in [-0.3, -0.25) is 4.79 Å². The van der Waals surface area contributed by atoms with Crippen LogP contribution in [0.3, 0.4) is 0 Å². The topological polar surface area (TPSA) is 75.7 Å². The molecule has 178 valence electrons. The quantitative estimate of drug-likeness (QED) is 0.549. The van der Waals surface area contributed by atoms with E-state index >= 15 is 0 Å². The van der Waals surface area contributed by atoms with Crippen LogP contribution in [0.5, 0.6) is 5.75 Å². The van der Waals surface area contributed by atoms with Crippen molar-refractivity contribution in [2.75, 3.05) is 20.2 Å². The van der Waals surface area contributed by atoms with Crippen LogP contribution in [-0.4, -0.2) is 38.8 Å². The molecule has 3 aromatic carbocycles. The summed E-state index contributed by atoms with van der Waals surface area (Å²) in [7, 11) is -2.16. The van der Waals surface area contributed by atoms with Gasteiger partial charge < -0.3 is 10.1 Å². The Balaban J connectivity index is 1.54. The molecule has 2 atom stereocenters. The Hall–Kier alpha value is -3.16. The zero-order chi connectivity index (χ0) is 24.1. The van der Waals surface area contributed by atoms with Gasteiger partial charge in [-0.2, -0.15) is 4.31 Å². The van der Waals surface area contributed by atoms with Gasteiger partial charge in [-0.05, 0) is 60.7 Å².